The molecule has 1 rings (SSSR count). The molecule has 0 atom stereocenters. The van der Waals surface area contributed by atoms with Crippen LogP contribution < -0.4 is 0 Å². The summed E-state index contributed by atoms with van der Waals surface area (Å²) in [7, 11) is 1.26. The average molecular weight is 185 g/mol. The molecule has 0 bridgehead atoms. The zero-order chi connectivity index (χ0) is 9.14. The molecule has 0 spiro atoms. The second kappa shape index (κ2) is 3.53. The van der Waals surface area contributed by atoms with E-state index in [-0.39, 0.29) is 5.91 Å². The number of aliphatic imine (C=N–C) groups is 1. The van der Waals surface area contributed by atoms with Gasteiger partial charge in [0.2, 0.25) is 0 Å². The predicted octanol–water partition coefficient (Wildman–Crippen LogP) is 0.735. The molecule has 0 saturated heterocycles. The minimum atomic E-state index is -0.532. The van der Waals surface area contributed by atoms with E-state index in [2.05, 4.69) is 9.73 Å². The van der Waals surface area contributed by atoms with Crippen molar-refractivity contribution < 1.29 is 14.3 Å². The largest absolute Gasteiger partial charge is 0.466 e. The van der Waals surface area contributed by atoms with Crippen LogP contribution in [0.1, 0.15) is 6.92 Å². The molecule has 0 aliphatic carbocycles. The van der Waals surface area contributed by atoms with Gasteiger partial charge in [-0.1, -0.05) is 11.8 Å². The summed E-state index contributed by atoms with van der Waals surface area (Å²) in [6, 6.07) is 0. The Bertz CT molecular complexity index is 293. The lowest BCUT2D eigenvalue weighted by Crippen LogP contribution is -1.98. The summed E-state index contributed by atoms with van der Waals surface area (Å²) in [4.78, 5) is 25.6. The third-order valence-corrected chi connectivity index (χ3v) is 2.08. The number of esters is 1. The van der Waals surface area contributed by atoms with Gasteiger partial charge in [-0.2, -0.15) is 0 Å². The van der Waals surface area contributed by atoms with Gasteiger partial charge in [0.1, 0.15) is 0 Å². The van der Waals surface area contributed by atoms with Crippen molar-refractivity contribution in [1.82, 2.24) is 0 Å². The van der Waals surface area contributed by atoms with E-state index in [1.54, 1.807) is 6.92 Å². The van der Waals surface area contributed by atoms with Gasteiger partial charge in [0.15, 0.2) is 0 Å². The van der Waals surface area contributed by atoms with E-state index in [4.69, 9.17) is 0 Å². The van der Waals surface area contributed by atoms with E-state index in [1.165, 1.54) is 18.9 Å². The van der Waals surface area contributed by atoms with E-state index < -0.39 is 5.97 Å². The molecule has 4 nitrogen and oxygen atoms in total. The van der Waals surface area contributed by atoms with E-state index in [0.29, 0.717) is 9.95 Å². The summed E-state index contributed by atoms with van der Waals surface area (Å²) in [5, 5.41) is 0.648. The van der Waals surface area contributed by atoms with E-state index in [9.17, 15) is 9.59 Å². The SMILES string of the molecule is COC(=O)C=C1SC(C)=NC1=O. The predicted molar refractivity (Wildman–Crippen MR) is 45.8 cm³/mol. The second-order valence-electron chi connectivity index (χ2n) is 2.07. The molecule has 64 valence electrons. The first-order valence-electron chi connectivity index (χ1n) is 3.20. The number of amides is 1. The van der Waals surface area contributed by atoms with Gasteiger partial charge in [-0.15, -0.1) is 0 Å². The molecule has 0 aromatic heterocycles. The second-order valence-corrected chi connectivity index (χ2v) is 3.30. The van der Waals surface area contributed by atoms with Crippen molar-refractivity contribution in [3.63, 3.8) is 0 Å². The molecular weight excluding hydrogens is 178 g/mol. The molecule has 5 heteroatoms. The van der Waals surface area contributed by atoms with Crippen molar-refractivity contribution in [2.24, 2.45) is 4.99 Å². The zero-order valence-electron chi connectivity index (χ0n) is 6.66. The van der Waals surface area contributed by atoms with Crippen molar-refractivity contribution in [2.75, 3.05) is 7.11 Å². The summed E-state index contributed by atoms with van der Waals surface area (Å²) in [6.45, 7) is 1.71. The van der Waals surface area contributed by atoms with Crippen LogP contribution in [-0.2, 0) is 14.3 Å². The van der Waals surface area contributed by atoms with Crippen LogP contribution >= 0.6 is 11.8 Å². The molecule has 0 fully saturated rings. The normalized spacial score (nSPS) is 19.7. The Balaban J connectivity index is 2.75. The van der Waals surface area contributed by atoms with E-state index in [1.807, 2.05) is 0 Å². The molecule has 1 aliphatic rings. The number of thioether (sulfide) groups is 1. The van der Waals surface area contributed by atoms with Crippen LogP contribution in [-0.4, -0.2) is 24.0 Å². The van der Waals surface area contributed by atoms with Gasteiger partial charge in [0, 0.05) is 6.08 Å². The average Bonchev–Trinajstić information content (AvgIpc) is 2.30. The summed E-state index contributed by atoms with van der Waals surface area (Å²) < 4.78 is 4.36. The number of ether oxygens (including phenoxy) is 1. The standard InChI is InChI=1S/C7H7NO3S/c1-4-8-7(10)5(12-4)3-6(9)11-2/h3H,1-2H3. The molecule has 0 unspecified atom stereocenters. The Hall–Kier alpha value is -1.10. The number of nitrogens with zero attached hydrogens (tertiary/aromatic N) is 1. The number of methoxy groups -OCH3 is 1. The fraction of sp³-hybridized carbons (Fsp3) is 0.286. The number of carbonyl (C=O) groups excluding carboxylic acids is 2. The molecule has 0 saturated carbocycles. The first-order valence-corrected chi connectivity index (χ1v) is 4.02. The zero-order valence-corrected chi connectivity index (χ0v) is 7.47. The highest BCUT2D eigenvalue weighted by Gasteiger charge is 2.19. The Morgan fingerprint density at radius 3 is 2.75 bits per heavy atom. The van der Waals surface area contributed by atoms with Gasteiger partial charge in [0.25, 0.3) is 5.91 Å². The van der Waals surface area contributed by atoms with Crippen LogP contribution in [0.5, 0.6) is 0 Å². The van der Waals surface area contributed by atoms with Gasteiger partial charge in [0.05, 0.1) is 17.1 Å². The van der Waals surface area contributed by atoms with Gasteiger partial charge < -0.3 is 4.74 Å². The van der Waals surface area contributed by atoms with Crippen LogP contribution in [0.15, 0.2) is 16.0 Å². The maximum Gasteiger partial charge on any atom is 0.331 e. The van der Waals surface area contributed by atoms with Crippen molar-refractivity contribution in [3.8, 4) is 0 Å². The summed E-state index contributed by atoms with van der Waals surface area (Å²) in [5.74, 6) is -0.904. The molecule has 1 heterocycles. The number of rotatable bonds is 1. The van der Waals surface area contributed by atoms with Crippen LogP contribution in [0, 0.1) is 0 Å². The topological polar surface area (TPSA) is 55.7 Å². The molecule has 1 aliphatic heterocycles. The minimum Gasteiger partial charge on any atom is -0.466 e. The molecule has 1 amide bonds. The number of hydrogen-bond donors (Lipinski definition) is 0. The minimum absolute atomic E-state index is 0.319. The van der Waals surface area contributed by atoms with Crippen LogP contribution in [0.2, 0.25) is 0 Å². The van der Waals surface area contributed by atoms with Crippen LogP contribution in [0.4, 0.5) is 0 Å². The highest BCUT2D eigenvalue weighted by atomic mass is 32.2. The third-order valence-electron chi connectivity index (χ3n) is 1.18. The Morgan fingerprint density at radius 1 is 1.67 bits per heavy atom. The molecule has 0 N–H and O–H groups in total. The van der Waals surface area contributed by atoms with Gasteiger partial charge in [-0.25, -0.2) is 9.79 Å². The smallest absolute Gasteiger partial charge is 0.331 e. The fourth-order valence-electron chi connectivity index (χ4n) is 0.681. The van der Waals surface area contributed by atoms with Crippen molar-refractivity contribution in [1.29, 1.82) is 0 Å². The summed E-state index contributed by atoms with van der Waals surface area (Å²) in [5.41, 5.74) is 0. The lowest BCUT2D eigenvalue weighted by atomic mass is 10.5. The third kappa shape index (κ3) is 1.94. The molecule has 0 aromatic carbocycles. The number of hydrogen-bond acceptors (Lipinski definition) is 4. The van der Waals surface area contributed by atoms with Gasteiger partial charge in [-0.05, 0) is 6.92 Å². The van der Waals surface area contributed by atoms with Gasteiger partial charge in [-0.3, -0.25) is 4.79 Å². The van der Waals surface area contributed by atoms with Crippen molar-refractivity contribution in [2.45, 2.75) is 6.92 Å². The van der Waals surface area contributed by atoms with Crippen LogP contribution in [0.25, 0.3) is 0 Å². The summed E-state index contributed by atoms with van der Waals surface area (Å²) in [6.07, 6.45) is 1.15. The van der Waals surface area contributed by atoms with E-state index in [0.717, 1.165) is 6.08 Å². The maximum absolute atomic E-state index is 11.0. The highest BCUT2D eigenvalue weighted by molar-refractivity contribution is 8.18. The van der Waals surface area contributed by atoms with Crippen molar-refractivity contribution >= 4 is 28.7 Å². The fourth-order valence-corrected chi connectivity index (χ4v) is 1.42. The molecule has 12 heavy (non-hydrogen) atoms. The van der Waals surface area contributed by atoms with E-state index >= 15 is 0 Å². The highest BCUT2D eigenvalue weighted by Crippen LogP contribution is 2.25. The van der Waals surface area contributed by atoms with Crippen LogP contribution in [0.3, 0.4) is 0 Å². The monoisotopic (exact) mass is 185 g/mol. The molecule has 0 radical (unpaired) electrons. The Kier molecular flexibility index (Phi) is 2.65. The lowest BCUT2D eigenvalue weighted by Gasteiger charge is -1.91. The Morgan fingerprint density at radius 2 is 2.33 bits per heavy atom. The Labute approximate surface area is 73.7 Å². The molecule has 0 aromatic rings. The van der Waals surface area contributed by atoms with Crippen molar-refractivity contribution in [3.05, 3.63) is 11.0 Å². The first kappa shape index (κ1) is 8.99. The van der Waals surface area contributed by atoms with Gasteiger partial charge >= 0.3 is 5.97 Å². The maximum atomic E-state index is 11.0. The summed E-state index contributed by atoms with van der Waals surface area (Å²) >= 11 is 1.18. The molecular formula is C7H7NO3S. The first-order chi connectivity index (χ1) is 5.63. The lowest BCUT2D eigenvalue weighted by molar-refractivity contribution is -0.135. The quantitative estimate of drug-likeness (QED) is 0.446. The number of carbonyl (C=O) groups is 2.